The predicted molar refractivity (Wildman–Crippen MR) is 55.0 cm³/mol. The van der Waals surface area contributed by atoms with Crippen LogP contribution in [0.15, 0.2) is 6.33 Å². The number of aromatic nitrogens is 3. The Morgan fingerprint density at radius 3 is 2.57 bits per heavy atom. The Morgan fingerprint density at radius 2 is 2.29 bits per heavy atom. The van der Waals surface area contributed by atoms with E-state index < -0.39 is 8.25 Å². The number of nitrogens with zero attached hydrogens (tertiary/aromatic N) is 2. The van der Waals surface area contributed by atoms with E-state index in [1.807, 2.05) is 0 Å². The summed E-state index contributed by atoms with van der Waals surface area (Å²) in [6.07, 6.45) is 4.72. The number of hydrogen-bond donors (Lipinski definition) is 3. The number of aromatic amines is 1. The highest BCUT2D eigenvalue weighted by Gasteiger charge is 2.08. The first kappa shape index (κ1) is 13.5. The number of H-pyrrole nitrogens is 1. The molecular formula is C6H13N3O3PS+. The van der Waals surface area contributed by atoms with Gasteiger partial charge < -0.3 is 0 Å². The largest absolute Gasteiger partial charge is 0.692 e. The van der Waals surface area contributed by atoms with Gasteiger partial charge in [-0.25, -0.2) is 4.98 Å². The van der Waals surface area contributed by atoms with Crippen LogP contribution in [-0.2, 0) is 4.57 Å². The predicted octanol–water partition coefficient (Wildman–Crippen LogP) is 1.25. The first-order valence-electron chi connectivity index (χ1n) is 3.84. The minimum absolute atomic E-state index is 0.475. The maximum Gasteiger partial charge on any atom is 0.692 e. The third kappa shape index (κ3) is 6.04. The summed E-state index contributed by atoms with van der Waals surface area (Å²) in [7, 11) is -2.87. The summed E-state index contributed by atoms with van der Waals surface area (Å²) in [5.74, 6) is 0.981. The van der Waals surface area contributed by atoms with Crippen molar-refractivity contribution in [3.05, 3.63) is 12.2 Å². The fourth-order valence-electron chi connectivity index (χ4n) is 0.842. The van der Waals surface area contributed by atoms with Gasteiger partial charge in [0.2, 0.25) is 0 Å². The first-order valence-corrected chi connectivity index (χ1v) is 6.30. The monoisotopic (exact) mass is 238 g/mol. The summed E-state index contributed by atoms with van der Waals surface area (Å²) in [4.78, 5) is 18.3. The van der Waals surface area contributed by atoms with E-state index in [-0.39, 0.29) is 0 Å². The topological polar surface area (TPSA) is 99.1 Å². The Balaban J connectivity index is 0.000000364. The van der Waals surface area contributed by atoms with Crippen molar-refractivity contribution < 1.29 is 14.4 Å². The molecule has 8 heteroatoms. The molecule has 0 radical (unpaired) electrons. The second-order valence-electron chi connectivity index (χ2n) is 2.26. The van der Waals surface area contributed by atoms with Gasteiger partial charge in [-0.05, 0) is 12.7 Å². The van der Waals surface area contributed by atoms with Crippen LogP contribution in [0.1, 0.15) is 24.4 Å². The fraction of sp³-hybridized carbons (Fsp3) is 0.667. The van der Waals surface area contributed by atoms with Gasteiger partial charge >= 0.3 is 8.25 Å². The molecule has 6 nitrogen and oxygen atoms in total. The molecule has 1 heterocycles. The molecule has 1 rings (SSSR count). The maximum atomic E-state index is 8.70. The summed E-state index contributed by atoms with van der Waals surface area (Å²) in [6.45, 7) is 2.14. The Bertz CT molecular complexity index is 249. The van der Waals surface area contributed by atoms with Gasteiger partial charge in [0.1, 0.15) is 12.2 Å². The van der Waals surface area contributed by atoms with Gasteiger partial charge in [-0.3, -0.25) is 5.10 Å². The van der Waals surface area contributed by atoms with Gasteiger partial charge in [0.15, 0.2) is 0 Å². The van der Waals surface area contributed by atoms with Gasteiger partial charge in [-0.1, -0.05) is 6.92 Å². The second kappa shape index (κ2) is 7.87. The molecule has 0 saturated carbocycles. The van der Waals surface area contributed by atoms with Gasteiger partial charge in [0.05, 0.1) is 5.25 Å². The molecule has 80 valence electrons. The highest BCUT2D eigenvalue weighted by atomic mass is 32.2. The van der Waals surface area contributed by atoms with Crippen LogP contribution in [-0.4, -0.2) is 31.2 Å². The third-order valence-electron chi connectivity index (χ3n) is 1.39. The highest BCUT2D eigenvalue weighted by molar-refractivity contribution is 7.98. The molecule has 1 aromatic heterocycles. The van der Waals surface area contributed by atoms with Crippen molar-refractivity contribution in [3.63, 3.8) is 0 Å². The molecule has 0 aliphatic rings. The number of nitrogens with one attached hydrogen (secondary N) is 1. The maximum absolute atomic E-state index is 8.70. The average Bonchev–Trinajstić information content (AvgIpc) is 2.58. The molecule has 0 fully saturated rings. The van der Waals surface area contributed by atoms with Crippen molar-refractivity contribution in [3.8, 4) is 0 Å². The van der Waals surface area contributed by atoms with E-state index in [1.54, 1.807) is 18.1 Å². The quantitative estimate of drug-likeness (QED) is 0.685. The van der Waals surface area contributed by atoms with Crippen molar-refractivity contribution in [1.29, 1.82) is 0 Å². The van der Waals surface area contributed by atoms with Crippen LogP contribution >= 0.6 is 20.0 Å². The summed E-state index contributed by atoms with van der Waals surface area (Å²) in [6, 6.07) is 0. The van der Waals surface area contributed by atoms with Gasteiger partial charge in [-0.15, -0.1) is 9.79 Å². The summed E-state index contributed by atoms with van der Waals surface area (Å²) < 4.78 is 8.70. The molecule has 0 saturated heterocycles. The van der Waals surface area contributed by atoms with E-state index in [1.165, 1.54) is 0 Å². The molecule has 14 heavy (non-hydrogen) atoms. The highest BCUT2D eigenvalue weighted by Crippen LogP contribution is 2.25. The Kier molecular flexibility index (Phi) is 7.60. The lowest BCUT2D eigenvalue weighted by Gasteiger charge is -2.05. The zero-order chi connectivity index (χ0) is 11.0. The van der Waals surface area contributed by atoms with E-state index in [9.17, 15) is 0 Å². The van der Waals surface area contributed by atoms with Crippen LogP contribution in [0.4, 0.5) is 0 Å². The molecule has 3 N–H and O–H groups in total. The number of hydrogen-bond acceptors (Lipinski definition) is 4. The van der Waals surface area contributed by atoms with E-state index in [0.29, 0.717) is 5.25 Å². The number of rotatable bonds is 3. The summed E-state index contributed by atoms with van der Waals surface area (Å²) in [5, 5.41) is 7.12. The van der Waals surface area contributed by atoms with Crippen molar-refractivity contribution >= 4 is 20.0 Å². The van der Waals surface area contributed by atoms with E-state index in [4.69, 9.17) is 14.4 Å². The SMILES string of the molecule is CCC(SC)c1ncn[nH]1.O=[P+](O)O. The summed E-state index contributed by atoms with van der Waals surface area (Å²) >= 11 is 1.79. The standard InChI is InChI=1S/C6H11N3S.HO3P/c1-3-5(10-2)6-7-4-8-9-6;1-4(2)3/h4-5H,3H2,1-2H3,(H,7,8,9);(H-,1,2,3)/p+1. The summed E-state index contributed by atoms with van der Waals surface area (Å²) in [5.41, 5.74) is 0. The van der Waals surface area contributed by atoms with Gasteiger partial charge in [-0.2, -0.15) is 16.9 Å². The lowest BCUT2D eigenvalue weighted by Crippen LogP contribution is -1.93. The Labute approximate surface area is 87.1 Å². The lowest BCUT2D eigenvalue weighted by molar-refractivity contribution is 0.405. The van der Waals surface area contributed by atoms with Crippen LogP contribution in [0.25, 0.3) is 0 Å². The van der Waals surface area contributed by atoms with Crippen molar-refractivity contribution in [1.82, 2.24) is 15.2 Å². The van der Waals surface area contributed by atoms with E-state index >= 15 is 0 Å². The van der Waals surface area contributed by atoms with Crippen LogP contribution < -0.4 is 0 Å². The average molecular weight is 238 g/mol. The molecule has 0 bridgehead atoms. The van der Waals surface area contributed by atoms with Crippen molar-refractivity contribution in [2.24, 2.45) is 0 Å². The molecule has 0 aliphatic carbocycles. The van der Waals surface area contributed by atoms with Crippen molar-refractivity contribution in [2.45, 2.75) is 18.6 Å². The molecule has 0 aliphatic heterocycles. The smallest absolute Gasteiger partial charge is 0.262 e. The van der Waals surface area contributed by atoms with Crippen LogP contribution in [0.5, 0.6) is 0 Å². The van der Waals surface area contributed by atoms with E-state index in [2.05, 4.69) is 28.4 Å². The molecule has 1 unspecified atom stereocenters. The van der Waals surface area contributed by atoms with Crippen LogP contribution in [0.2, 0.25) is 0 Å². The normalized spacial score (nSPS) is 11.4. The molecule has 0 spiro atoms. The minimum atomic E-state index is -2.87. The molecule has 1 aromatic rings. The van der Waals surface area contributed by atoms with Gasteiger partial charge in [0.25, 0.3) is 0 Å². The first-order chi connectivity index (χ1) is 6.61. The lowest BCUT2D eigenvalue weighted by atomic mass is 10.3. The fourth-order valence-corrected chi connectivity index (χ4v) is 1.51. The third-order valence-corrected chi connectivity index (χ3v) is 2.52. The molecule has 0 aromatic carbocycles. The van der Waals surface area contributed by atoms with Crippen LogP contribution in [0, 0.1) is 0 Å². The zero-order valence-corrected chi connectivity index (χ0v) is 9.63. The number of thioether (sulfide) groups is 1. The molecule has 0 amide bonds. The van der Waals surface area contributed by atoms with Gasteiger partial charge in [0, 0.05) is 4.57 Å². The van der Waals surface area contributed by atoms with Crippen molar-refractivity contribution in [2.75, 3.05) is 6.26 Å². The zero-order valence-electron chi connectivity index (χ0n) is 7.91. The van der Waals surface area contributed by atoms with E-state index in [0.717, 1.165) is 12.2 Å². The van der Waals surface area contributed by atoms with Crippen LogP contribution in [0.3, 0.4) is 0 Å². The molecule has 1 atom stereocenters. The molecular weight excluding hydrogens is 225 g/mol. The minimum Gasteiger partial charge on any atom is -0.262 e. The Hall–Kier alpha value is -0.490. The Morgan fingerprint density at radius 1 is 1.71 bits per heavy atom. The second-order valence-corrected chi connectivity index (χ2v) is 3.80.